The second-order valence-corrected chi connectivity index (χ2v) is 7.52. The topological polar surface area (TPSA) is 53.0 Å². The zero-order valence-corrected chi connectivity index (χ0v) is 15.1. The van der Waals surface area contributed by atoms with Crippen LogP contribution in [0, 0.1) is 5.41 Å². The van der Waals surface area contributed by atoms with E-state index < -0.39 is 0 Å². The number of carbonyl (C=O) groups excluding carboxylic acids is 1. The molecule has 1 aromatic rings. The van der Waals surface area contributed by atoms with Crippen molar-refractivity contribution in [3.63, 3.8) is 0 Å². The van der Waals surface area contributed by atoms with Gasteiger partial charge in [0.15, 0.2) is 0 Å². The summed E-state index contributed by atoms with van der Waals surface area (Å²) in [6.07, 6.45) is 2.28. The Labute approximate surface area is 148 Å². The maximum atomic E-state index is 13.0. The van der Waals surface area contributed by atoms with Crippen molar-refractivity contribution in [2.45, 2.75) is 25.4 Å². The highest BCUT2D eigenvalue weighted by molar-refractivity contribution is 6.30. The largest absolute Gasteiger partial charge is 0.496 e. The minimum Gasteiger partial charge on any atom is -0.496 e. The van der Waals surface area contributed by atoms with Crippen LogP contribution in [0.25, 0.3) is 0 Å². The Hall–Kier alpha value is -1.30. The van der Waals surface area contributed by atoms with Crippen LogP contribution in [0.4, 0.5) is 0 Å². The molecule has 0 saturated carbocycles. The van der Waals surface area contributed by atoms with Gasteiger partial charge in [0.1, 0.15) is 5.75 Å². The lowest BCUT2D eigenvalue weighted by molar-refractivity contribution is -0.0731. The Morgan fingerprint density at radius 3 is 2.92 bits per heavy atom. The molecule has 6 heteroatoms. The minimum atomic E-state index is -0.351. The van der Waals surface area contributed by atoms with Crippen molar-refractivity contribution in [1.82, 2.24) is 9.80 Å². The summed E-state index contributed by atoms with van der Waals surface area (Å²) in [5, 5.41) is 11.1. The van der Waals surface area contributed by atoms with Crippen molar-refractivity contribution in [2.75, 3.05) is 40.3 Å². The molecule has 0 aliphatic carbocycles. The lowest BCUT2D eigenvalue weighted by Gasteiger charge is -2.50. The zero-order valence-electron chi connectivity index (χ0n) is 14.3. The van der Waals surface area contributed by atoms with E-state index in [1.165, 1.54) is 0 Å². The molecular weight excluding hydrogens is 328 g/mol. The predicted octanol–water partition coefficient (Wildman–Crippen LogP) is 2.27. The fourth-order valence-corrected chi connectivity index (χ4v) is 4.28. The van der Waals surface area contributed by atoms with Crippen LogP contribution >= 0.6 is 11.6 Å². The molecule has 2 aliphatic rings. The maximum absolute atomic E-state index is 13.0. The second kappa shape index (κ2) is 6.90. The standard InChI is InChI=1S/C18H25ClN2O3/c1-20-9-6-16(22)18(11-20)7-3-8-21(12-18)17(23)14-5-4-13(19)10-15(14)24-2/h4-5,10,16,22H,3,6-9,11-12H2,1-2H3/t16-,18-/m0/s1. The molecule has 2 aliphatic heterocycles. The fourth-order valence-electron chi connectivity index (χ4n) is 4.12. The molecule has 1 spiro atoms. The number of carbonyl (C=O) groups is 1. The molecule has 24 heavy (non-hydrogen) atoms. The average molecular weight is 353 g/mol. The smallest absolute Gasteiger partial charge is 0.257 e. The van der Waals surface area contributed by atoms with Gasteiger partial charge in [-0.1, -0.05) is 11.6 Å². The molecular formula is C18H25ClN2O3. The summed E-state index contributed by atoms with van der Waals surface area (Å²) >= 11 is 5.99. The Kier molecular flexibility index (Phi) is 5.04. The first-order valence-corrected chi connectivity index (χ1v) is 8.82. The summed E-state index contributed by atoms with van der Waals surface area (Å²) < 4.78 is 5.32. The number of methoxy groups -OCH3 is 1. The molecule has 0 radical (unpaired) electrons. The van der Waals surface area contributed by atoms with Gasteiger partial charge < -0.3 is 19.6 Å². The van der Waals surface area contributed by atoms with Crippen molar-refractivity contribution < 1.29 is 14.6 Å². The van der Waals surface area contributed by atoms with E-state index in [1.54, 1.807) is 25.3 Å². The van der Waals surface area contributed by atoms with Crippen molar-refractivity contribution in [3.8, 4) is 5.75 Å². The summed E-state index contributed by atoms with van der Waals surface area (Å²) in [5.41, 5.74) is 0.304. The Morgan fingerprint density at radius 2 is 2.17 bits per heavy atom. The highest BCUT2D eigenvalue weighted by atomic mass is 35.5. The Bertz CT molecular complexity index is 624. The number of benzene rings is 1. The van der Waals surface area contributed by atoms with Crippen molar-refractivity contribution in [1.29, 1.82) is 0 Å². The van der Waals surface area contributed by atoms with E-state index in [1.807, 2.05) is 4.90 Å². The molecule has 3 rings (SSSR count). The number of hydrogen-bond acceptors (Lipinski definition) is 4. The highest BCUT2D eigenvalue weighted by Crippen LogP contribution is 2.39. The molecule has 0 aromatic heterocycles. The van der Waals surface area contributed by atoms with Gasteiger partial charge in [0.05, 0.1) is 18.8 Å². The van der Waals surface area contributed by atoms with Crippen LogP contribution in [0.3, 0.4) is 0 Å². The van der Waals surface area contributed by atoms with E-state index in [2.05, 4.69) is 11.9 Å². The number of likely N-dealkylation sites (tertiary alicyclic amines) is 2. The van der Waals surface area contributed by atoms with E-state index in [4.69, 9.17) is 16.3 Å². The van der Waals surface area contributed by atoms with Crippen molar-refractivity contribution >= 4 is 17.5 Å². The van der Waals surface area contributed by atoms with Crippen LogP contribution < -0.4 is 4.74 Å². The highest BCUT2D eigenvalue weighted by Gasteiger charge is 2.45. The number of aliphatic hydroxyl groups is 1. The number of ether oxygens (including phenoxy) is 1. The summed E-state index contributed by atoms with van der Waals surface area (Å²) in [5.74, 6) is 0.441. The lowest BCUT2D eigenvalue weighted by Crippen LogP contribution is -2.59. The van der Waals surface area contributed by atoms with Gasteiger partial charge in [-0.05, 0) is 44.5 Å². The third-order valence-corrected chi connectivity index (χ3v) is 5.60. The minimum absolute atomic E-state index is 0.0528. The summed E-state index contributed by atoms with van der Waals surface area (Å²) in [7, 11) is 3.62. The number of hydrogen-bond donors (Lipinski definition) is 1. The van der Waals surface area contributed by atoms with Crippen LogP contribution in [-0.4, -0.2) is 67.3 Å². The van der Waals surface area contributed by atoms with Gasteiger partial charge >= 0.3 is 0 Å². The van der Waals surface area contributed by atoms with Gasteiger partial charge in [-0.2, -0.15) is 0 Å². The van der Waals surface area contributed by atoms with Gasteiger partial charge in [-0.25, -0.2) is 0 Å². The SMILES string of the molecule is COc1cc(Cl)ccc1C(=O)N1CCC[C@]2(CN(C)CC[C@@H]2O)C1. The third kappa shape index (κ3) is 3.25. The summed E-state index contributed by atoms with van der Waals surface area (Å²) in [4.78, 5) is 17.1. The van der Waals surface area contributed by atoms with Crippen LogP contribution in [0.15, 0.2) is 18.2 Å². The number of piperidine rings is 2. The van der Waals surface area contributed by atoms with Gasteiger partial charge in [0.2, 0.25) is 0 Å². The Balaban J connectivity index is 1.83. The van der Waals surface area contributed by atoms with Crippen LogP contribution in [0.2, 0.25) is 5.02 Å². The monoisotopic (exact) mass is 352 g/mol. The first-order chi connectivity index (χ1) is 11.4. The molecule has 2 atom stereocenters. The number of rotatable bonds is 2. The zero-order chi connectivity index (χ0) is 17.3. The van der Waals surface area contributed by atoms with E-state index in [0.29, 0.717) is 29.4 Å². The molecule has 2 saturated heterocycles. The number of halogens is 1. The van der Waals surface area contributed by atoms with Crippen LogP contribution in [0.5, 0.6) is 5.75 Å². The van der Waals surface area contributed by atoms with E-state index >= 15 is 0 Å². The van der Waals surface area contributed by atoms with Gasteiger partial charge in [0, 0.05) is 36.6 Å². The molecule has 0 bridgehead atoms. The number of aliphatic hydroxyl groups excluding tert-OH is 1. The lowest BCUT2D eigenvalue weighted by atomic mass is 9.71. The van der Waals surface area contributed by atoms with Crippen molar-refractivity contribution in [2.24, 2.45) is 5.41 Å². The molecule has 1 aromatic carbocycles. The maximum Gasteiger partial charge on any atom is 0.257 e. The molecule has 5 nitrogen and oxygen atoms in total. The summed E-state index contributed by atoms with van der Waals surface area (Å²) in [6.45, 7) is 3.03. The summed E-state index contributed by atoms with van der Waals surface area (Å²) in [6, 6.07) is 5.09. The molecule has 2 heterocycles. The van der Waals surface area contributed by atoms with E-state index in [-0.39, 0.29) is 17.4 Å². The first kappa shape index (κ1) is 17.5. The normalized spacial score (nSPS) is 28.2. The molecule has 2 fully saturated rings. The molecule has 1 N–H and O–H groups in total. The average Bonchev–Trinajstić information content (AvgIpc) is 2.58. The third-order valence-electron chi connectivity index (χ3n) is 5.37. The van der Waals surface area contributed by atoms with Gasteiger partial charge in [-0.3, -0.25) is 4.79 Å². The number of nitrogens with zero attached hydrogens (tertiary/aromatic N) is 2. The second-order valence-electron chi connectivity index (χ2n) is 7.08. The van der Waals surface area contributed by atoms with Crippen LogP contribution in [-0.2, 0) is 0 Å². The van der Waals surface area contributed by atoms with Gasteiger partial charge in [0.25, 0.3) is 5.91 Å². The molecule has 132 valence electrons. The van der Waals surface area contributed by atoms with E-state index in [9.17, 15) is 9.90 Å². The Morgan fingerprint density at radius 1 is 1.38 bits per heavy atom. The molecule has 1 amide bonds. The first-order valence-electron chi connectivity index (χ1n) is 8.45. The number of amides is 1. The van der Waals surface area contributed by atoms with Crippen molar-refractivity contribution in [3.05, 3.63) is 28.8 Å². The quantitative estimate of drug-likeness (QED) is 0.887. The fraction of sp³-hybridized carbons (Fsp3) is 0.611. The van der Waals surface area contributed by atoms with E-state index in [0.717, 1.165) is 32.4 Å². The predicted molar refractivity (Wildman–Crippen MR) is 93.7 cm³/mol. The van der Waals surface area contributed by atoms with Gasteiger partial charge in [-0.15, -0.1) is 0 Å². The molecule has 0 unspecified atom stereocenters. The van der Waals surface area contributed by atoms with Crippen LogP contribution in [0.1, 0.15) is 29.6 Å².